The highest BCUT2D eigenvalue weighted by molar-refractivity contribution is 7.17. The van der Waals surface area contributed by atoms with E-state index in [9.17, 15) is 14.0 Å². The number of aromatic amines is 1. The maximum Gasteiger partial charge on any atom is 0.329 e. The molecule has 3 aromatic heterocycles. The van der Waals surface area contributed by atoms with Crippen LogP contribution in [-0.2, 0) is 6.54 Å². The van der Waals surface area contributed by atoms with Gasteiger partial charge in [-0.1, -0.05) is 12.1 Å². The molecule has 0 radical (unpaired) electrons. The summed E-state index contributed by atoms with van der Waals surface area (Å²) in [4.78, 5) is 28.3. The van der Waals surface area contributed by atoms with Gasteiger partial charge < -0.3 is 4.42 Å². The topological polar surface area (TPSA) is 68.0 Å². The Morgan fingerprint density at radius 2 is 2.08 bits per heavy atom. The number of aromatic nitrogens is 2. The Labute approximate surface area is 138 Å². The van der Waals surface area contributed by atoms with Crippen molar-refractivity contribution in [1.82, 2.24) is 9.55 Å². The van der Waals surface area contributed by atoms with Gasteiger partial charge in [-0.05, 0) is 29.8 Å². The average Bonchev–Trinajstić information content (AvgIpc) is 3.20. The highest BCUT2D eigenvalue weighted by Gasteiger charge is 2.16. The maximum absolute atomic E-state index is 13.3. The van der Waals surface area contributed by atoms with Crippen molar-refractivity contribution in [3.05, 3.63) is 80.3 Å². The Morgan fingerprint density at radius 3 is 2.83 bits per heavy atom. The normalized spacial score (nSPS) is 11.2. The zero-order valence-electron chi connectivity index (χ0n) is 12.3. The predicted molar refractivity (Wildman–Crippen MR) is 89.9 cm³/mol. The number of H-pyrrole nitrogens is 1. The Hall–Kier alpha value is -2.93. The number of rotatable bonds is 3. The first-order valence-corrected chi connectivity index (χ1v) is 8.04. The Morgan fingerprint density at radius 1 is 1.21 bits per heavy atom. The van der Waals surface area contributed by atoms with Crippen molar-refractivity contribution in [1.29, 1.82) is 0 Å². The van der Waals surface area contributed by atoms with Crippen molar-refractivity contribution in [2.75, 3.05) is 0 Å². The van der Waals surface area contributed by atoms with Crippen LogP contribution in [0.4, 0.5) is 4.39 Å². The summed E-state index contributed by atoms with van der Waals surface area (Å²) < 4.78 is 19.8. The van der Waals surface area contributed by atoms with Crippen LogP contribution in [0, 0.1) is 5.82 Å². The molecule has 4 rings (SSSR count). The SMILES string of the molecule is O=c1[nH]c2scc(-c3ccco3)c2c(=O)n1Cc1cccc(F)c1. The van der Waals surface area contributed by atoms with Gasteiger partial charge in [-0.3, -0.25) is 14.3 Å². The standard InChI is InChI=1S/C17H11FN2O3S/c18-11-4-1-3-10(7-11)8-20-16(21)14-12(13-5-2-6-23-13)9-24-15(14)19-17(20)22/h1-7,9H,8H2,(H,19,22). The first-order chi connectivity index (χ1) is 11.6. The van der Waals surface area contributed by atoms with Crippen LogP contribution in [0.1, 0.15) is 5.56 Å². The number of nitrogens with zero attached hydrogens (tertiary/aromatic N) is 1. The summed E-state index contributed by atoms with van der Waals surface area (Å²) >= 11 is 1.27. The smallest absolute Gasteiger partial charge is 0.329 e. The number of hydrogen-bond donors (Lipinski definition) is 1. The van der Waals surface area contributed by atoms with E-state index in [1.165, 1.54) is 29.7 Å². The third kappa shape index (κ3) is 2.39. The van der Waals surface area contributed by atoms with Crippen LogP contribution < -0.4 is 11.2 Å². The lowest BCUT2D eigenvalue weighted by Crippen LogP contribution is -2.35. The zero-order valence-corrected chi connectivity index (χ0v) is 13.1. The summed E-state index contributed by atoms with van der Waals surface area (Å²) in [6.45, 7) is -0.00465. The van der Waals surface area contributed by atoms with Gasteiger partial charge >= 0.3 is 5.69 Å². The minimum atomic E-state index is -0.524. The largest absolute Gasteiger partial charge is 0.464 e. The molecule has 0 spiro atoms. The van der Waals surface area contributed by atoms with Crippen molar-refractivity contribution in [2.45, 2.75) is 6.54 Å². The monoisotopic (exact) mass is 342 g/mol. The van der Waals surface area contributed by atoms with Gasteiger partial charge in [0.1, 0.15) is 16.4 Å². The molecule has 0 aliphatic carbocycles. The number of nitrogens with one attached hydrogen (secondary N) is 1. The fourth-order valence-electron chi connectivity index (χ4n) is 2.63. The highest BCUT2D eigenvalue weighted by Crippen LogP contribution is 2.30. The number of halogens is 1. The molecule has 0 saturated carbocycles. The van der Waals surface area contributed by atoms with Crippen molar-refractivity contribution < 1.29 is 8.81 Å². The van der Waals surface area contributed by atoms with Gasteiger partial charge in [0.2, 0.25) is 0 Å². The second-order valence-corrected chi connectivity index (χ2v) is 6.16. The van der Waals surface area contributed by atoms with Crippen LogP contribution in [0.3, 0.4) is 0 Å². The van der Waals surface area contributed by atoms with Crippen LogP contribution in [0.15, 0.2) is 62.0 Å². The van der Waals surface area contributed by atoms with E-state index in [0.717, 1.165) is 4.57 Å². The molecule has 0 amide bonds. The van der Waals surface area contributed by atoms with Crippen LogP contribution in [0.25, 0.3) is 21.5 Å². The molecule has 0 unspecified atom stereocenters. The van der Waals surface area contributed by atoms with E-state index in [1.807, 2.05) is 0 Å². The van der Waals surface area contributed by atoms with Crippen molar-refractivity contribution in [3.63, 3.8) is 0 Å². The van der Waals surface area contributed by atoms with Crippen molar-refractivity contribution in [2.24, 2.45) is 0 Å². The van der Waals surface area contributed by atoms with Gasteiger partial charge in [0.15, 0.2) is 0 Å². The maximum atomic E-state index is 13.3. The molecule has 1 aromatic carbocycles. The second-order valence-electron chi connectivity index (χ2n) is 5.28. The third-order valence-electron chi connectivity index (χ3n) is 3.73. The van der Waals surface area contributed by atoms with E-state index in [1.54, 1.807) is 29.6 Å². The van der Waals surface area contributed by atoms with Gasteiger partial charge in [-0.2, -0.15) is 0 Å². The Bertz CT molecular complexity index is 1140. The molecule has 5 nitrogen and oxygen atoms in total. The molecule has 7 heteroatoms. The molecule has 0 saturated heterocycles. The van der Waals surface area contributed by atoms with E-state index >= 15 is 0 Å². The summed E-state index contributed by atoms with van der Waals surface area (Å²) in [5.41, 5.74) is 0.223. The van der Waals surface area contributed by atoms with Crippen molar-refractivity contribution >= 4 is 21.6 Å². The minimum Gasteiger partial charge on any atom is -0.464 e. The zero-order chi connectivity index (χ0) is 16.7. The van der Waals surface area contributed by atoms with E-state index in [2.05, 4.69) is 4.98 Å². The van der Waals surface area contributed by atoms with Gasteiger partial charge in [0, 0.05) is 10.9 Å². The number of furan rings is 1. The Balaban J connectivity index is 1.92. The summed E-state index contributed by atoms with van der Waals surface area (Å²) in [6, 6.07) is 9.31. The van der Waals surface area contributed by atoms with Crippen molar-refractivity contribution in [3.8, 4) is 11.3 Å². The first kappa shape index (κ1) is 14.6. The van der Waals surface area contributed by atoms with Crippen LogP contribution in [0.5, 0.6) is 0 Å². The van der Waals surface area contributed by atoms with Gasteiger partial charge in [0.05, 0.1) is 18.2 Å². The highest BCUT2D eigenvalue weighted by atomic mass is 32.1. The molecule has 4 aromatic rings. The molecule has 0 aliphatic heterocycles. The van der Waals surface area contributed by atoms with E-state index in [0.29, 0.717) is 27.1 Å². The Kier molecular flexibility index (Phi) is 3.42. The van der Waals surface area contributed by atoms with E-state index in [-0.39, 0.29) is 6.54 Å². The molecule has 0 bridgehead atoms. The second kappa shape index (κ2) is 5.61. The minimum absolute atomic E-state index is 0.00465. The lowest BCUT2D eigenvalue weighted by atomic mass is 10.2. The van der Waals surface area contributed by atoms with Crippen LogP contribution in [-0.4, -0.2) is 9.55 Å². The molecule has 120 valence electrons. The molecule has 0 atom stereocenters. The first-order valence-electron chi connectivity index (χ1n) is 7.16. The van der Waals surface area contributed by atoms with E-state index in [4.69, 9.17) is 4.42 Å². The lowest BCUT2D eigenvalue weighted by molar-refractivity contribution is 0.583. The van der Waals surface area contributed by atoms with Gasteiger partial charge in [-0.25, -0.2) is 9.18 Å². The summed E-state index contributed by atoms with van der Waals surface area (Å²) in [5, 5.41) is 2.17. The molecule has 0 aliphatic rings. The summed E-state index contributed by atoms with van der Waals surface area (Å²) in [6.07, 6.45) is 1.52. The number of thiophene rings is 1. The number of fused-ring (bicyclic) bond motifs is 1. The fraction of sp³-hybridized carbons (Fsp3) is 0.0588. The summed E-state index contributed by atoms with van der Waals surface area (Å²) in [5.74, 6) is 0.146. The summed E-state index contributed by atoms with van der Waals surface area (Å²) in [7, 11) is 0. The van der Waals surface area contributed by atoms with Gasteiger partial charge in [0.25, 0.3) is 5.56 Å². The molecular formula is C17H11FN2O3S. The lowest BCUT2D eigenvalue weighted by Gasteiger charge is -2.06. The number of hydrogen-bond acceptors (Lipinski definition) is 4. The third-order valence-corrected chi connectivity index (χ3v) is 4.63. The predicted octanol–water partition coefficient (Wildman–Crippen LogP) is 3.20. The molecule has 0 fully saturated rings. The van der Waals surface area contributed by atoms with Crippen LogP contribution in [0.2, 0.25) is 0 Å². The molecule has 1 N–H and O–H groups in total. The molecule has 24 heavy (non-hydrogen) atoms. The quantitative estimate of drug-likeness (QED) is 0.622. The average molecular weight is 342 g/mol. The number of benzene rings is 1. The van der Waals surface area contributed by atoms with E-state index < -0.39 is 17.1 Å². The van der Waals surface area contributed by atoms with Crippen LogP contribution >= 0.6 is 11.3 Å². The molecule has 3 heterocycles. The molecular weight excluding hydrogens is 331 g/mol. The van der Waals surface area contributed by atoms with Gasteiger partial charge in [-0.15, -0.1) is 11.3 Å². The fourth-order valence-corrected chi connectivity index (χ4v) is 3.56.